The van der Waals surface area contributed by atoms with Crippen LogP contribution in [0, 0.1) is 0 Å². The molecule has 1 atom stereocenters. The molecule has 1 aliphatic carbocycles. The normalized spacial score (nSPS) is 16.3. The van der Waals surface area contributed by atoms with Gasteiger partial charge in [0.25, 0.3) is 0 Å². The van der Waals surface area contributed by atoms with Crippen molar-refractivity contribution >= 4 is 35.8 Å². The number of halogens is 1. The van der Waals surface area contributed by atoms with E-state index in [1.54, 1.807) is 0 Å². The molecule has 1 aromatic rings. The fourth-order valence-electron chi connectivity index (χ4n) is 2.40. The predicted octanol–water partition coefficient (Wildman–Crippen LogP) is 4.21. The lowest BCUT2D eigenvalue weighted by atomic mass is 10.2. The lowest BCUT2D eigenvalue weighted by molar-refractivity contribution is -0.116. The molecule has 1 amide bonds. The van der Waals surface area contributed by atoms with Gasteiger partial charge in [0.15, 0.2) is 0 Å². The molecule has 0 heterocycles. The van der Waals surface area contributed by atoms with Gasteiger partial charge in [0.2, 0.25) is 5.91 Å². The van der Waals surface area contributed by atoms with Crippen LogP contribution in [0.3, 0.4) is 0 Å². The summed E-state index contributed by atoms with van der Waals surface area (Å²) in [7, 11) is 0. The van der Waals surface area contributed by atoms with Crippen molar-refractivity contribution in [2.45, 2.75) is 61.6 Å². The second-order valence-corrected chi connectivity index (χ2v) is 6.99. The number of rotatable bonds is 6. The van der Waals surface area contributed by atoms with Crippen molar-refractivity contribution in [2.75, 3.05) is 5.32 Å². The zero-order valence-electron chi connectivity index (χ0n) is 12.5. The number of anilines is 1. The lowest BCUT2D eigenvalue weighted by Crippen LogP contribution is -2.19. The van der Waals surface area contributed by atoms with Crippen molar-refractivity contribution in [3.05, 3.63) is 24.3 Å². The average Bonchev–Trinajstić information content (AvgIpc) is 2.92. The van der Waals surface area contributed by atoms with Crippen molar-refractivity contribution < 1.29 is 4.79 Å². The fourth-order valence-corrected chi connectivity index (χ4v) is 3.64. The van der Waals surface area contributed by atoms with E-state index in [1.165, 1.54) is 30.6 Å². The molecule has 0 saturated heterocycles. The quantitative estimate of drug-likeness (QED) is 0.822. The fraction of sp³-hybridized carbons (Fsp3) is 0.562. The Hall–Kier alpha value is -0.710. The number of nitrogens with one attached hydrogen (secondary N) is 1. The van der Waals surface area contributed by atoms with Crippen LogP contribution in [0.4, 0.5) is 5.69 Å². The molecule has 1 aromatic carbocycles. The van der Waals surface area contributed by atoms with E-state index in [0.29, 0.717) is 6.42 Å². The maximum atomic E-state index is 11.7. The summed E-state index contributed by atoms with van der Waals surface area (Å²) in [4.78, 5) is 13.0. The van der Waals surface area contributed by atoms with E-state index in [1.807, 2.05) is 30.8 Å². The van der Waals surface area contributed by atoms with Gasteiger partial charge in [-0.15, -0.1) is 24.2 Å². The van der Waals surface area contributed by atoms with E-state index >= 15 is 0 Å². The molecule has 118 valence electrons. The van der Waals surface area contributed by atoms with Gasteiger partial charge in [-0.3, -0.25) is 4.79 Å². The summed E-state index contributed by atoms with van der Waals surface area (Å²) in [6.07, 6.45) is 6.61. The Balaban J connectivity index is 0.00000220. The van der Waals surface area contributed by atoms with Crippen LogP contribution in [0.15, 0.2) is 29.2 Å². The van der Waals surface area contributed by atoms with Crippen molar-refractivity contribution in [3.8, 4) is 0 Å². The predicted molar refractivity (Wildman–Crippen MR) is 93.3 cm³/mol. The zero-order valence-corrected chi connectivity index (χ0v) is 14.1. The highest BCUT2D eigenvalue weighted by Gasteiger charge is 2.15. The largest absolute Gasteiger partial charge is 0.328 e. The van der Waals surface area contributed by atoms with Gasteiger partial charge in [-0.05, 0) is 50.5 Å². The Labute approximate surface area is 137 Å². The maximum absolute atomic E-state index is 11.7. The van der Waals surface area contributed by atoms with Crippen LogP contribution in [0.25, 0.3) is 0 Å². The Kier molecular flexibility index (Phi) is 8.15. The lowest BCUT2D eigenvalue weighted by Gasteiger charge is -2.10. The summed E-state index contributed by atoms with van der Waals surface area (Å²) in [6.45, 7) is 1.92. The first-order valence-electron chi connectivity index (χ1n) is 7.45. The minimum absolute atomic E-state index is 0. The summed E-state index contributed by atoms with van der Waals surface area (Å²) in [6, 6.07) is 8.25. The van der Waals surface area contributed by atoms with Gasteiger partial charge in [-0.25, -0.2) is 0 Å². The number of thioether (sulfide) groups is 1. The summed E-state index contributed by atoms with van der Waals surface area (Å²) < 4.78 is 0. The number of hydrogen-bond donors (Lipinski definition) is 2. The molecule has 2 rings (SSSR count). The first-order valence-corrected chi connectivity index (χ1v) is 8.33. The zero-order chi connectivity index (χ0) is 14.4. The van der Waals surface area contributed by atoms with Crippen molar-refractivity contribution in [3.63, 3.8) is 0 Å². The van der Waals surface area contributed by atoms with Crippen LogP contribution in [-0.4, -0.2) is 17.2 Å². The molecular weight excluding hydrogens is 304 g/mol. The minimum Gasteiger partial charge on any atom is -0.328 e. The Morgan fingerprint density at radius 3 is 2.52 bits per heavy atom. The van der Waals surface area contributed by atoms with Gasteiger partial charge in [0.05, 0.1) is 0 Å². The molecule has 0 radical (unpaired) electrons. The average molecular weight is 329 g/mol. The summed E-state index contributed by atoms with van der Waals surface area (Å²) in [5.74, 6) is 0.0403. The molecule has 0 aromatic heterocycles. The molecule has 0 aliphatic heterocycles. The van der Waals surface area contributed by atoms with Crippen LogP contribution in [-0.2, 0) is 4.79 Å². The van der Waals surface area contributed by atoms with Crippen LogP contribution < -0.4 is 11.1 Å². The first-order chi connectivity index (χ1) is 9.63. The molecule has 1 aliphatic rings. The second kappa shape index (κ2) is 9.34. The number of nitrogens with two attached hydrogens (primary N) is 1. The molecule has 3 nitrogen and oxygen atoms in total. The number of hydrogen-bond acceptors (Lipinski definition) is 3. The molecule has 1 unspecified atom stereocenters. The van der Waals surface area contributed by atoms with E-state index in [0.717, 1.165) is 17.4 Å². The van der Waals surface area contributed by atoms with Gasteiger partial charge in [0, 0.05) is 28.3 Å². The van der Waals surface area contributed by atoms with Gasteiger partial charge in [0.1, 0.15) is 0 Å². The highest BCUT2D eigenvalue weighted by molar-refractivity contribution is 8.00. The number of benzene rings is 1. The van der Waals surface area contributed by atoms with Crippen LogP contribution in [0.1, 0.15) is 45.4 Å². The molecule has 3 N–H and O–H groups in total. The van der Waals surface area contributed by atoms with Gasteiger partial charge in [-0.2, -0.15) is 0 Å². The van der Waals surface area contributed by atoms with E-state index < -0.39 is 0 Å². The molecule has 1 fully saturated rings. The molecule has 21 heavy (non-hydrogen) atoms. The van der Waals surface area contributed by atoms with Crippen molar-refractivity contribution in [1.29, 1.82) is 0 Å². The Morgan fingerprint density at radius 2 is 1.95 bits per heavy atom. The Bertz CT molecular complexity index is 430. The van der Waals surface area contributed by atoms with Gasteiger partial charge < -0.3 is 11.1 Å². The monoisotopic (exact) mass is 328 g/mol. The van der Waals surface area contributed by atoms with Crippen molar-refractivity contribution in [1.82, 2.24) is 0 Å². The van der Waals surface area contributed by atoms with Gasteiger partial charge in [-0.1, -0.05) is 12.8 Å². The smallest absolute Gasteiger partial charge is 0.224 e. The topological polar surface area (TPSA) is 55.1 Å². The van der Waals surface area contributed by atoms with E-state index in [4.69, 9.17) is 5.73 Å². The molecular formula is C16H25ClN2OS. The van der Waals surface area contributed by atoms with E-state index in [-0.39, 0.29) is 24.4 Å². The third-order valence-corrected chi connectivity index (χ3v) is 4.92. The molecule has 0 spiro atoms. The number of amides is 1. The highest BCUT2D eigenvalue weighted by atomic mass is 35.5. The second-order valence-electron chi connectivity index (χ2n) is 5.61. The maximum Gasteiger partial charge on any atom is 0.224 e. The third-order valence-electron chi connectivity index (χ3n) is 3.57. The molecule has 5 heteroatoms. The standard InChI is InChI=1S/C16H24N2OS.ClH/c1-12(17)6-11-16(19)18-13-7-9-15(10-8-13)20-14-4-2-3-5-14;/h7-10,12,14H,2-6,11,17H2,1H3,(H,18,19);1H. The number of carbonyl (C=O) groups is 1. The summed E-state index contributed by atoms with van der Waals surface area (Å²) >= 11 is 1.96. The van der Waals surface area contributed by atoms with Crippen LogP contribution >= 0.6 is 24.2 Å². The minimum atomic E-state index is 0. The van der Waals surface area contributed by atoms with E-state index in [9.17, 15) is 4.79 Å². The summed E-state index contributed by atoms with van der Waals surface area (Å²) in [5.41, 5.74) is 6.52. The SMILES string of the molecule is CC(N)CCC(=O)Nc1ccc(SC2CCCC2)cc1.Cl. The van der Waals surface area contributed by atoms with Gasteiger partial charge >= 0.3 is 0 Å². The highest BCUT2D eigenvalue weighted by Crippen LogP contribution is 2.34. The Morgan fingerprint density at radius 1 is 1.33 bits per heavy atom. The first kappa shape index (κ1) is 18.3. The van der Waals surface area contributed by atoms with Crippen LogP contribution in [0.5, 0.6) is 0 Å². The molecule has 1 saturated carbocycles. The molecule has 0 bridgehead atoms. The van der Waals surface area contributed by atoms with E-state index in [2.05, 4.69) is 17.4 Å². The summed E-state index contributed by atoms with van der Waals surface area (Å²) in [5, 5.41) is 3.69. The number of carbonyl (C=O) groups excluding carboxylic acids is 1. The van der Waals surface area contributed by atoms with Crippen molar-refractivity contribution in [2.24, 2.45) is 5.73 Å². The third kappa shape index (κ3) is 6.72. The van der Waals surface area contributed by atoms with Crippen LogP contribution in [0.2, 0.25) is 0 Å².